The van der Waals surface area contributed by atoms with Crippen molar-refractivity contribution in [1.82, 2.24) is 15.1 Å². The lowest BCUT2D eigenvalue weighted by Crippen LogP contribution is -2.37. The molecular formula is C22H17ClF4N4O2. The number of H-pyrrole nitrogens is 1. The number of fused-ring (bicyclic) bond motifs is 1. The van der Waals surface area contributed by atoms with Gasteiger partial charge in [-0.05, 0) is 42.8 Å². The number of anilines is 1. The fourth-order valence-corrected chi connectivity index (χ4v) is 4.06. The van der Waals surface area contributed by atoms with Crippen LogP contribution in [0, 0.1) is 5.82 Å². The van der Waals surface area contributed by atoms with Crippen LogP contribution in [-0.2, 0) is 15.8 Å². The first-order chi connectivity index (χ1) is 15.5. The Morgan fingerprint density at radius 1 is 1.24 bits per heavy atom. The highest BCUT2D eigenvalue weighted by Crippen LogP contribution is 2.39. The molecule has 0 saturated heterocycles. The van der Waals surface area contributed by atoms with Crippen LogP contribution >= 0.6 is 11.6 Å². The van der Waals surface area contributed by atoms with Crippen LogP contribution in [0.2, 0.25) is 5.15 Å². The smallest absolute Gasteiger partial charge is 0.322 e. The molecule has 2 amide bonds. The number of nitrogens with zero attached hydrogens (tertiary/aromatic N) is 2. The summed E-state index contributed by atoms with van der Waals surface area (Å²) in [7, 11) is 1.47. The van der Waals surface area contributed by atoms with Gasteiger partial charge in [0.15, 0.2) is 5.15 Å². The molecule has 0 aliphatic carbocycles. The molecule has 2 aromatic carbocycles. The first kappa shape index (κ1) is 22.8. The van der Waals surface area contributed by atoms with Crippen molar-refractivity contribution < 1.29 is 27.2 Å². The molecule has 1 aliphatic rings. The van der Waals surface area contributed by atoms with E-state index in [1.807, 2.05) is 0 Å². The number of rotatable bonds is 3. The van der Waals surface area contributed by atoms with E-state index in [1.165, 1.54) is 18.9 Å². The van der Waals surface area contributed by atoms with Gasteiger partial charge in [-0.25, -0.2) is 4.39 Å². The van der Waals surface area contributed by atoms with Gasteiger partial charge in [0.25, 0.3) is 5.91 Å². The second-order valence-corrected chi connectivity index (χ2v) is 8.03. The first-order valence-electron chi connectivity index (χ1n) is 9.76. The van der Waals surface area contributed by atoms with E-state index in [1.54, 1.807) is 18.2 Å². The Bertz CT molecular complexity index is 1320. The Kier molecular flexibility index (Phi) is 5.65. The first-order valence-corrected chi connectivity index (χ1v) is 10.1. The summed E-state index contributed by atoms with van der Waals surface area (Å²) < 4.78 is 53.6. The number of carbonyl (C=O) groups is 2. The fraction of sp³-hybridized carbons (Fsp3) is 0.227. The van der Waals surface area contributed by atoms with Crippen LogP contribution < -0.4 is 5.32 Å². The number of benzene rings is 2. The lowest BCUT2D eigenvalue weighted by molar-refractivity contribution is -0.138. The molecule has 172 valence electrons. The number of hydrogen-bond acceptors (Lipinski definition) is 3. The summed E-state index contributed by atoms with van der Waals surface area (Å²) in [5.74, 6) is -3.20. The summed E-state index contributed by atoms with van der Waals surface area (Å²) in [4.78, 5) is 27.0. The van der Waals surface area contributed by atoms with Gasteiger partial charge in [-0.2, -0.15) is 18.3 Å². The van der Waals surface area contributed by atoms with Crippen LogP contribution in [0.3, 0.4) is 0 Å². The fourth-order valence-electron chi connectivity index (χ4n) is 3.87. The molecule has 11 heteroatoms. The summed E-state index contributed by atoms with van der Waals surface area (Å²) >= 11 is 6.02. The maximum Gasteiger partial charge on any atom is 0.416 e. The van der Waals surface area contributed by atoms with Crippen LogP contribution in [0.5, 0.6) is 0 Å². The van der Waals surface area contributed by atoms with Crippen LogP contribution in [0.4, 0.5) is 23.2 Å². The maximum atomic E-state index is 14.8. The highest BCUT2D eigenvalue weighted by atomic mass is 35.5. The third kappa shape index (κ3) is 4.18. The molecule has 0 saturated carbocycles. The van der Waals surface area contributed by atoms with Gasteiger partial charge in [0, 0.05) is 41.7 Å². The third-order valence-corrected chi connectivity index (χ3v) is 6.00. The summed E-state index contributed by atoms with van der Waals surface area (Å²) in [6, 6.07) is 6.95. The number of aromatic amines is 1. The molecule has 0 fully saturated rings. The van der Waals surface area contributed by atoms with Crippen molar-refractivity contribution in [1.29, 1.82) is 0 Å². The molecule has 2 heterocycles. The van der Waals surface area contributed by atoms with Crippen LogP contribution in [0.15, 0.2) is 47.7 Å². The monoisotopic (exact) mass is 480 g/mol. The van der Waals surface area contributed by atoms with Crippen molar-refractivity contribution in [2.75, 3.05) is 12.4 Å². The molecule has 0 radical (unpaired) electrons. The standard InChI is InChI=1S/C22H17ClF4N4O2/c1-10-19(21(33)28-12-4-6-17-15(8-12)20(23)30-29-17)14(9-18(32)31(10)2)13-5-3-11(7-16(13)24)22(25,26)27/h3-8,14H,9H2,1-2H3,(H,28,33)(H,29,30). The zero-order chi connectivity index (χ0) is 24.1. The van der Waals surface area contributed by atoms with Crippen LogP contribution in [0.25, 0.3) is 10.9 Å². The quantitative estimate of drug-likeness (QED) is 0.504. The van der Waals surface area contributed by atoms with E-state index < -0.39 is 29.4 Å². The normalized spacial score (nSPS) is 17.1. The third-order valence-electron chi connectivity index (χ3n) is 5.72. The van der Waals surface area contributed by atoms with E-state index in [4.69, 9.17) is 11.6 Å². The SMILES string of the molecule is CC1=C(C(=O)Nc2ccc3[nH]nc(Cl)c3c2)C(c2ccc(C(F)(F)F)cc2F)CC(=O)N1C. The molecule has 2 N–H and O–H groups in total. The molecule has 1 aliphatic heterocycles. The minimum Gasteiger partial charge on any atom is -0.322 e. The van der Waals surface area contributed by atoms with Crippen molar-refractivity contribution in [2.45, 2.75) is 25.4 Å². The van der Waals surface area contributed by atoms with Gasteiger partial charge in [0.2, 0.25) is 5.91 Å². The van der Waals surface area contributed by atoms with Gasteiger partial charge in [0.1, 0.15) is 5.82 Å². The van der Waals surface area contributed by atoms with Crippen molar-refractivity contribution in [3.8, 4) is 0 Å². The Hall–Kier alpha value is -3.40. The van der Waals surface area contributed by atoms with E-state index in [0.29, 0.717) is 22.7 Å². The number of hydrogen-bond donors (Lipinski definition) is 2. The molecule has 3 aromatic rings. The maximum absolute atomic E-state index is 14.8. The van der Waals surface area contributed by atoms with Gasteiger partial charge < -0.3 is 10.2 Å². The van der Waals surface area contributed by atoms with Crippen LogP contribution in [0.1, 0.15) is 30.4 Å². The molecule has 4 rings (SSSR count). The van der Waals surface area contributed by atoms with E-state index in [0.717, 1.165) is 12.1 Å². The average Bonchev–Trinajstić information content (AvgIpc) is 3.11. The summed E-state index contributed by atoms with van der Waals surface area (Å²) in [5, 5.41) is 10.1. The van der Waals surface area contributed by atoms with E-state index >= 15 is 0 Å². The van der Waals surface area contributed by atoms with Crippen molar-refractivity contribution in [3.05, 3.63) is 69.8 Å². The molecule has 0 bridgehead atoms. The Morgan fingerprint density at radius 3 is 2.64 bits per heavy atom. The summed E-state index contributed by atoms with van der Waals surface area (Å²) in [6.45, 7) is 1.52. The van der Waals surface area contributed by atoms with Crippen molar-refractivity contribution >= 4 is 40.0 Å². The minimum absolute atomic E-state index is 0.0779. The van der Waals surface area contributed by atoms with Gasteiger partial charge >= 0.3 is 6.18 Å². The zero-order valence-electron chi connectivity index (χ0n) is 17.3. The molecule has 1 unspecified atom stereocenters. The Morgan fingerprint density at radius 2 is 1.97 bits per heavy atom. The topological polar surface area (TPSA) is 78.1 Å². The van der Waals surface area contributed by atoms with E-state index in [9.17, 15) is 27.2 Å². The lowest BCUT2D eigenvalue weighted by Gasteiger charge is -2.32. The number of alkyl halides is 3. The number of aromatic nitrogens is 2. The van der Waals surface area contributed by atoms with Crippen molar-refractivity contribution in [2.24, 2.45) is 0 Å². The lowest BCUT2D eigenvalue weighted by atomic mass is 9.82. The van der Waals surface area contributed by atoms with Gasteiger partial charge in [-0.3, -0.25) is 14.7 Å². The number of amides is 2. The zero-order valence-corrected chi connectivity index (χ0v) is 18.1. The molecule has 0 spiro atoms. The predicted octanol–water partition coefficient (Wildman–Crippen LogP) is 5.23. The van der Waals surface area contributed by atoms with Gasteiger partial charge in [-0.15, -0.1) is 0 Å². The van der Waals surface area contributed by atoms with E-state index in [2.05, 4.69) is 15.5 Å². The largest absolute Gasteiger partial charge is 0.416 e. The van der Waals surface area contributed by atoms with Gasteiger partial charge in [0.05, 0.1) is 11.1 Å². The molecular weight excluding hydrogens is 464 g/mol. The average molecular weight is 481 g/mol. The van der Waals surface area contributed by atoms with Crippen LogP contribution in [-0.4, -0.2) is 34.0 Å². The molecule has 1 atom stereocenters. The molecule has 1 aromatic heterocycles. The second-order valence-electron chi connectivity index (χ2n) is 7.67. The highest BCUT2D eigenvalue weighted by molar-refractivity contribution is 6.34. The van der Waals surface area contributed by atoms with Gasteiger partial charge in [-0.1, -0.05) is 17.7 Å². The Labute approximate surface area is 190 Å². The molecule has 6 nitrogen and oxygen atoms in total. The minimum atomic E-state index is -4.72. The summed E-state index contributed by atoms with van der Waals surface area (Å²) in [6.07, 6.45) is -4.99. The second kappa shape index (κ2) is 8.18. The predicted molar refractivity (Wildman–Crippen MR) is 114 cm³/mol. The number of carbonyl (C=O) groups excluding carboxylic acids is 2. The summed E-state index contributed by atoms with van der Waals surface area (Å²) in [5.41, 5.74) is 0.0651. The number of nitrogens with one attached hydrogen (secondary N) is 2. The Balaban J connectivity index is 1.73. The van der Waals surface area contributed by atoms with E-state index in [-0.39, 0.29) is 34.3 Å². The number of halogens is 5. The molecule has 33 heavy (non-hydrogen) atoms. The number of allylic oxidation sites excluding steroid dienone is 1. The van der Waals surface area contributed by atoms with Crippen molar-refractivity contribution in [3.63, 3.8) is 0 Å². The highest BCUT2D eigenvalue weighted by Gasteiger charge is 2.37.